The molecule has 0 bridgehead atoms. The van der Waals surface area contributed by atoms with Crippen LogP contribution in [0.5, 0.6) is 0 Å². The molecular formula is C13H12FN3. The number of nitrogens with zero attached hydrogens (tertiary/aromatic N) is 2. The van der Waals surface area contributed by atoms with Crippen LogP contribution >= 0.6 is 0 Å². The SMILES string of the molecule is Cc1[nH]c(CCC#N)nc1-c1ccccc1F. The molecule has 0 saturated heterocycles. The zero-order valence-electron chi connectivity index (χ0n) is 9.50. The third-order valence-electron chi connectivity index (χ3n) is 2.54. The van der Waals surface area contributed by atoms with Crippen LogP contribution in [-0.2, 0) is 6.42 Å². The van der Waals surface area contributed by atoms with E-state index in [1.807, 2.05) is 6.92 Å². The average molecular weight is 229 g/mol. The van der Waals surface area contributed by atoms with Gasteiger partial charge in [0.1, 0.15) is 11.6 Å². The van der Waals surface area contributed by atoms with E-state index in [0.29, 0.717) is 24.1 Å². The largest absolute Gasteiger partial charge is 0.346 e. The number of hydrogen-bond donors (Lipinski definition) is 1. The molecule has 0 aliphatic heterocycles. The van der Waals surface area contributed by atoms with Crippen molar-refractivity contribution in [1.82, 2.24) is 9.97 Å². The Bertz CT molecular complexity index is 566. The minimum Gasteiger partial charge on any atom is -0.346 e. The molecule has 3 nitrogen and oxygen atoms in total. The highest BCUT2D eigenvalue weighted by molar-refractivity contribution is 5.62. The summed E-state index contributed by atoms with van der Waals surface area (Å²) in [5.74, 6) is 0.441. The molecule has 1 aromatic heterocycles. The van der Waals surface area contributed by atoms with Crippen molar-refractivity contribution in [2.24, 2.45) is 0 Å². The number of nitriles is 1. The van der Waals surface area contributed by atoms with E-state index in [2.05, 4.69) is 16.0 Å². The van der Waals surface area contributed by atoms with Gasteiger partial charge in [0.15, 0.2) is 0 Å². The maximum absolute atomic E-state index is 13.6. The minimum absolute atomic E-state index is 0.283. The Kier molecular flexibility index (Phi) is 3.20. The first-order valence-corrected chi connectivity index (χ1v) is 5.39. The van der Waals surface area contributed by atoms with Crippen molar-refractivity contribution in [2.75, 3.05) is 0 Å². The van der Waals surface area contributed by atoms with E-state index in [1.54, 1.807) is 18.2 Å². The Labute approximate surface area is 98.9 Å². The molecule has 0 amide bonds. The van der Waals surface area contributed by atoms with Crippen LogP contribution in [0.3, 0.4) is 0 Å². The Hall–Kier alpha value is -2.15. The van der Waals surface area contributed by atoms with Gasteiger partial charge in [-0.05, 0) is 19.1 Å². The van der Waals surface area contributed by atoms with Crippen LogP contribution in [0.2, 0.25) is 0 Å². The zero-order valence-corrected chi connectivity index (χ0v) is 9.50. The second-order valence-electron chi connectivity index (χ2n) is 3.80. The number of H-pyrrole nitrogens is 1. The smallest absolute Gasteiger partial charge is 0.132 e. The van der Waals surface area contributed by atoms with Crippen LogP contribution in [0.1, 0.15) is 17.9 Å². The van der Waals surface area contributed by atoms with Crippen LogP contribution in [0, 0.1) is 24.1 Å². The fraction of sp³-hybridized carbons (Fsp3) is 0.231. The van der Waals surface area contributed by atoms with Gasteiger partial charge in [0.25, 0.3) is 0 Å². The van der Waals surface area contributed by atoms with Crippen molar-refractivity contribution in [3.8, 4) is 17.3 Å². The normalized spacial score (nSPS) is 10.2. The lowest BCUT2D eigenvalue weighted by atomic mass is 10.1. The van der Waals surface area contributed by atoms with Gasteiger partial charge in [-0.15, -0.1) is 0 Å². The van der Waals surface area contributed by atoms with Gasteiger partial charge in [0.2, 0.25) is 0 Å². The lowest BCUT2D eigenvalue weighted by Gasteiger charge is -1.99. The molecule has 0 unspecified atom stereocenters. The van der Waals surface area contributed by atoms with E-state index < -0.39 is 0 Å². The van der Waals surface area contributed by atoms with Crippen molar-refractivity contribution in [2.45, 2.75) is 19.8 Å². The van der Waals surface area contributed by atoms with Crippen LogP contribution in [0.25, 0.3) is 11.3 Å². The van der Waals surface area contributed by atoms with Crippen molar-refractivity contribution >= 4 is 0 Å². The topological polar surface area (TPSA) is 52.5 Å². The molecule has 0 radical (unpaired) electrons. The summed E-state index contributed by atoms with van der Waals surface area (Å²) in [5.41, 5.74) is 1.93. The number of aryl methyl sites for hydroxylation is 2. The third kappa shape index (κ3) is 2.34. The zero-order chi connectivity index (χ0) is 12.3. The first-order chi connectivity index (χ1) is 8.22. The van der Waals surface area contributed by atoms with E-state index in [-0.39, 0.29) is 5.82 Å². The predicted molar refractivity (Wildman–Crippen MR) is 62.7 cm³/mol. The molecule has 4 heteroatoms. The highest BCUT2D eigenvalue weighted by Gasteiger charge is 2.12. The molecule has 2 rings (SSSR count). The third-order valence-corrected chi connectivity index (χ3v) is 2.54. The first kappa shape index (κ1) is 11.3. The molecule has 0 aliphatic rings. The lowest BCUT2D eigenvalue weighted by Crippen LogP contribution is -1.87. The Morgan fingerprint density at radius 3 is 2.88 bits per heavy atom. The van der Waals surface area contributed by atoms with E-state index in [1.165, 1.54) is 6.07 Å². The van der Waals surface area contributed by atoms with Gasteiger partial charge in [0, 0.05) is 24.1 Å². The van der Waals surface area contributed by atoms with Gasteiger partial charge in [-0.1, -0.05) is 12.1 Å². The average Bonchev–Trinajstić information content (AvgIpc) is 2.68. The molecule has 0 saturated carbocycles. The molecule has 1 N–H and O–H groups in total. The lowest BCUT2D eigenvalue weighted by molar-refractivity contribution is 0.630. The number of benzene rings is 1. The number of nitrogens with one attached hydrogen (secondary N) is 1. The summed E-state index contributed by atoms with van der Waals surface area (Å²) in [5, 5.41) is 8.51. The quantitative estimate of drug-likeness (QED) is 0.879. The van der Waals surface area contributed by atoms with Gasteiger partial charge >= 0.3 is 0 Å². The fourth-order valence-electron chi connectivity index (χ4n) is 1.73. The standard InChI is InChI=1S/C13H12FN3/c1-9-13(10-5-2-3-6-11(10)14)17-12(16-9)7-4-8-15/h2-3,5-6H,4,7H2,1H3,(H,16,17). The highest BCUT2D eigenvalue weighted by atomic mass is 19.1. The molecule has 1 aromatic carbocycles. The van der Waals surface area contributed by atoms with Crippen LogP contribution < -0.4 is 0 Å². The monoisotopic (exact) mass is 229 g/mol. The minimum atomic E-state index is -0.283. The molecule has 2 aromatic rings. The van der Waals surface area contributed by atoms with E-state index in [9.17, 15) is 4.39 Å². The molecule has 0 spiro atoms. The Morgan fingerprint density at radius 2 is 2.18 bits per heavy atom. The van der Waals surface area contributed by atoms with Gasteiger partial charge in [-0.3, -0.25) is 0 Å². The number of imidazole rings is 1. The summed E-state index contributed by atoms with van der Waals surface area (Å²) in [6.07, 6.45) is 0.968. The van der Waals surface area contributed by atoms with Crippen molar-refractivity contribution < 1.29 is 4.39 Å². The summed E-state index contributed by atoms with van der Waals surface area (Å²) < 4.78 is 13.6. The predicted octanol–water partition coefficient (Wildman–Crippen LogP) is 2.98. The van der Waals surface area contributed by atoms with Gasteiger partial charge < -0.3 is 4.98 Å². The van der Waals surface area contributed by atoms with Gasteiger partial charge in [-0.25, -0.2) is 9.37 Å². The van der Waals surface area contributed by atoms with E-state index >= 15 is 0 Å². The Balaban J connectivity index is 2.37. The van der Waals surface area contributed by atoms with Gasteiger partial charge in [-0.2, -0.15) is 5.26 Å². The Morgan fingerprint density at radius 1 is 1.41 bits per heavy atom. The second kappa shape index (κ2) is 4.79. The molecule has 1 heterocycles. The highest BCUT2D eigenvalue weighted by Crippen LogP contribution is 2.24. The summed E-state index contributed by atoms with van der Waals surface area (Å²) in [7, 11) is 0. The summed E-state index contributed by atoms with van der Waals surface area (Å²) in [4.78, 5) is 7.41. The summed E-state index contributed by atoms with van der Waals surface area (Å²) in [6, 6.07) is 8.61. The second-order valence-corrected chi connectivity index (χ2v) is 3.80. The molecule has 0 fully saturated rings. The molecule has 86 valence electrons. The number of rotatable bonds is 3. The summed E-state index contributed by atoms with van der Waals surface area (Å²) in [6.45, 7) is 1.85. The fourth-order valence-corrected chi connectivity index (χ4v) is 1.73. The molecular weight excluding hydrogens is 217 g/mol. The van der Waals surface area contributed by atoms with Crippen molar-refractivity contribution in [1.29, 1.82) is 5.26 Å². The first-order valence-electron chi connectivity index (χ1n) is 5.39. The molecule has 0 aliphatic carbocycles. The van der Waals surface area contributed by atoms with Crippen molar-refractivity contribution in [3.63, 3.8) is 0 Å². The van der Waals surface area contributed by atoms with E-state index in [4.69, 9.17) is 5.26 Å². The maximum atomic E-state index is 13.6. The maximum Gasteiger partial charge on any atom is 0.132 e. The van der Waals surface area contributed by atoms with E-state index in [0.717, 1.165) is 11.5 Å². The number of aromatic nitrogens is 2. The molecule has 0 atom stereocenters. The van der Waals surface area contributed by atoms with Gasteiger partial charge in [0.05, 0.1) is 11.8 Å². The number of aromatic amines is 1. The van der Waals surface area contributed by atoms with Crippen LogP contribution in [0.4, 0.5) is 4.39 Å². The number of halogens is 1. The molecule has 17 heavy (non-hydrogen) atoms. The van der Waals surface area contributed by atoms with Crippen molar-refractivity contribution in [3.05, 3.63) is 41.6 Å². The number of hydrogen-bond acceptors (Lipinski definition) is 2. The van der Waals surface area contributed by atoms with Crippen LogP contribution in [-0.4, -0.2) is 9.97 Å². The van der Waals surface area contributed by atoms with Crippen LogP contribution in [0.15, 0.2) is 24.3 Å². The summed E-state index contributed by atoms with van der Waals surface area (Å²) >= 11 is 0.